The van der Waals surface area contributed by atoms with E-state index in [4.69, 9.17) is 0 Å². The van der Waals surface area contributed by atoms with Gasteiger partial charge in [0.2, 0.25) is 0 Å². The number of benzene rings is 1. The van der Waals surface area contributed by atoms with Crippen LogP contribution in [0.1, 0.15) is 110 Å². The lowest BCUT2D eigenvalue weighted by Crippen LogP contribution is -2.49. The summed E-state index contributed by atoms with van der Waals surface area (Å²) in [6.07, 6.45) is 9.79. The number of rotatable bonds is 5. The first-order valence-electron chi connectivity index (χ1n) is 11.6. The number of hydrogen-bond acceptors (Lipinski definition) is 2. The summed E-state index contributed by atoms with van der Waals surface area (Å²) in [5, 5.41) is 22.8. The predicted molar refractivity (Wildman–Crippen MR) is 116 cm³/mol. The second-order valence-corrected chi connectivity index (χ2v) is 11.7. The fourth-order valence-electron chi connectivity index (χ4n) is 7.18. The van der Waals surface area contributed by atoms with Gasteiger partial charge in [-0.15, -0.1) is 0 Å². The van der Waals surface area contributed by atoms with Crippen LogP contribution in [0.2, 0.25) is 0 Å². The van der Waals surface area contributed by atoms with Gasteiger partial charge in [0, 0.05) is 16.5 Å². The van der Waals surface area contributed by atoms with Gasteiger partial charge in [-0.05, 0) is 91.6 Å². The Hall–Kier alpha value is -1.18. The number of hydrogen-bond donors (Lipinski definition) is 2. The topological polar surface area (TPSA) is 40.5 Å². The highest BCUT2D eigenvalue weighted by Crippen LogP contribution is 2.64. The molecule has 0 atom stereocenters. The van der Waals surface area contributed by atoms with E-state index >= 15 is 0 Å². The molecule has 2 heteroatoms. The third kappa shape index (κ3) is 2.89. The van der Waals surface area contributed by atoms with Crippen LogP contribution in [0, 0.1) is 17.8 Å². The summed E-state index contributed by atoms with van der Waals surface area (Å²) in [6.45, 7) is 13.2. The number of phenolic OH excluding ortho intramolecular Hbond substituents is 2. The molecule has 4 bridgehead atoms. The maximum atomic E-state index is 11.8. The summed E-state index contributed by atoms with van der Waals surface area (Å²) in [5.41, 5.74) is 3.02. The lowest BCUT2D eigenvalue weighted by atomic mass is 9.47. The van der Waals surface area contributed by atoms with Gasteiger partial charge in [0.05, 0.1) is 0 Å². The van der Waals surface area contributed by atoms with Crippen LogP contribution < -0.4 is 0 Å². The van der Waals surface area contributed by atoms with Gasteiger partial charge >= 0.3 is 0 Å². The molecule has 1 aromatic carbocycles. The highest BCUT2D eigenvalue weighted by Gasteiger charge is 2.54. The van der Waals surface area contributed by atoms with Crippen LogP contribution in [0.15, 0.2) is 6.07 Å². The quantitative estimate of drug-likeness (QED) is 0.577. The van der Waals surface area contributed by atoms with Crippen LogP contribution in [0.5, 0.6) is 11.5 Å². The van der Waals surface area contributed by atoms with Gasteiger partial charge in [-0.3, -0.25) is 0 Å². The van der Waals surface area contributed by atoms with Crippen LogP contribution in [-0.2, 0) is 16.2 Å². The van der Waals surface area contributed by atoms with E-state index in [1.807, 2.05) is 6.07 Å². The molecule has 2 N–H and O–H groups in total. The van der Waals surface area contributed by atoms with Crippen LogP contribution in [-0.4, -0.2) is 10.2 Å². The van der Waals surface area contributed by atoms with Gasteiger partial charge in [-0.1, -0.05) is 41.5 Å². The summed E-state index contributed by atoms with van der Waals surface area (Å²) in [5.74, 6) is 3.21. The molecular formula is C26H40O2. The van der Waals surface area contributed by atoms with Crippen LogP contribution in [0.4, 0.5) is 0 Å². The fraction of sp³-hybridized carbons (Fsp3) is 0.769. The molecule has 2 nitrogen and oxygen atoms in total. The highest BCUT2D eigenvalue weighted by atomic mass is 16.3. The average molecular weight is 385 g/mol. The summed E-state index contributed by atoms with van der Waals surface area (Å²) >= 11 is 0. The maximum Gasteiger partial charge on any atom is 0.127 e. The molecule has 1 aromatic rings. The minimum absolute atomic E-state index is 0.0531. The third-order valence-corrected chi connectivity index (χ3v) is 9.02. The molecular weight excluding hydrogens is 344 g/mol. The van der Waals surface area contributed by atoms with Crippen molar-refractivity contribution in [1.82, 2.24) is 0 Å². The van der Waals surface area contributed by atoms with E-state index in [1.165, 1.54) is 49.7 Å². The average Bonchev–Trinajstić information content (AvgIpc) is 2.59. The van der Waals surface area contributed by atoms with Gasteiger partial charge in [0.15, 0.2) is 0 Å². The summed E-state index contributed by atoms with van der Waals surface area (Å²) in [4.78, 5) is 0. The molecule has 0 saturated heterocycles. The maximum absolute atomic E-state index is 11.8. The molecule has 28 heavy (non-hydrogen) atoms. The van der Waals surface area contributed by atoms with E-state index in [-0.39, 0.29) is 22.0 Å². The van der Waals surface area contributed by atoms with Gasteiger partial charge in [-0.2, -0.15) is 0 Å². The minimum atomic E-state index is -0.236. The van der Waals surface area contributed by atoms with Crippen LogP contribution in [0.3, 0.4) is 0 Å². The van der Waals surface area contributed by atoms with Gasteiger partial charge < -0.3 is 10.2 Å². The van der Waals surface area contributed by atoms with E-state index < -0.39 is 0 Å². The predicted octanol–water partition coefficient (Wildman–Crippen LogP) is 6.94. The number of aromatic hydroxyl groups is 2. The van der Waals surface area contributed by atoms with Crippen molar-refractivity contribution in [1.29, 1.82) is 0 Å². The molecule has 0 aromatic heterocycles. The third-order valence-electron chi connectivity index (χ3n) is 9.02. The molecule has 0 spiro atoms. The van der Waals surface area contributed by atoms with Gasteiger partial charge in [-0.25, -0.2) is 0 Å². The Balaban J connectivity index is 1.98. The van der Waals surface area contributed by atoms with Gasteiger partial charge in [0.1, 0.15) is 11.5 Å². The Morgan fingerprint density at radius 2 is 1.32 bits per heavy atom. The SMILES string of the molecule is CCC(C)(C)c1cc(O)c(C(C)(C)CC)c(O)c1C12CC3CC(CC(C3)C1)C2. The fourth-order valence-corrected chi connectivity index (χ4v) is 7.18. The van der Waals surface area contributed by atoms with E-state index in [2.05, 4.69) is 41.5 Å². The Kier molecular flexibility index (Phi) is 4.60. The molecule has 4 fully saturated rings. The van der Waals surface area contributed by atoms with Crippen LogP contribution >= 0.6 is 0 Å². The van der Waals surface area contributed by atoms with E-state index in [0.29, 0.717) is 5.75 Å². The lowest BCUT2D eigenvalue weighted by molar-refractivity contribution is -0.00711. The van der Waals surface area contributed by atoms with Crippen molar-refractivity contribution in [2.45, 2.75) is 109 Å². The summed E-state index contributed by atoms with van der Waals surface area (Å²) in [6, 6.07) is 2.03. The minimum Gasteiger partial charge on any atom is -0.507 e. The Bertz CT molecular complexity index is 736. The highest BCUT2D eigenvalue weighted by molar-refractivity contribution is 5.60. The Labute approximate surface area is 171 Å². The van der Waals surface area contributed by atoms with E-state index in [0.717, 1.165) is 36.2 Å². The molecule has 0 aliphatic heterocycles. The largest absolute Gasteiger partial charge is 0.507 e. The molecule has 0 unspecified atom stereocenters. The Morgan fingerprint density at radius 3 is 1.75 bits per heavy atom. The molecule has 5 rings (SSSR count). The molecule has 0 radical (unpaired) electrons. The van der Waals surface area contributed by atoms with Crippen LogP contribution in [0.25, 0.3) is 0 Å². The van der Waals surface area contributed by atoms with Crippen molar-refractivity contribution in [3.63, 3.8) is 0 Å². The normalized spacial score (nSPS) is 32.1. The Morgan fingerprint density at radius 1 is 0.857 bits per heavy atom. The first-order chi connectivity index (χ1) is 13.0. The molecule has 4 aliphatic rings. The molecule has 156 valence electrons. The van der Waals surface area contributed by atoms with Crippen molar-refractivity contribution in [3.8, 4) is 11.5 Å². The van der Waals surface area contributed by atoms with Crippen molar-refractivity contribution in [2.24, 2.45) is 17.8 Å². The molecule has 0 amide bonds. The molecule has 4 saturated carbocycles. The smallest absolute Gasteiger partial charge is 0.127 e. The second-order valence-electron chi connectivity index (χ2n) is 11.7. The van der Waals surface area contributed by atoms with Crippen molar-refractivity contribution < 1.29 is 10.2 Å². The van der Waals surface area contributed by atoms with Crippen molar-refractivity contribution in [2.75, 3.05) is 0 Å². The zero-order valence-corrected chi connectivity index (χ0v) is 18.9. The second kappa shape index (κ2) is 6.41. The monoisotopic (exact) mass is 384 g/mol. The van der Waals surface area contributed by atoms with Gasteiger partial charge in [0.25, 0.3) is 0 Å². The first-order valence-corrected chi connectivity index (χ1v) is 11.6. The van der Waals surface area contributed by atoms with E-state index in [1.54, 1.807) is 0 Å². The summed E-state index contributed by atoms with van der Waals surface area (Å²) < 4.78 is 0. The van der Waals surface area contributed by atoms with Crippen molar-refractivity contribution >= 4 is 0 Å². The zero-order valence-electron chi connectivity index (χ0n) is 18.9. The first kappa shape index (κ1) is 20.1. The van der Waals surface area contributed by atoms with E-state index in [9.17, 15) is 10.2 Å². The number of phenols is 2. The summed E-state index contributed by atoms with van der Waals surface area (Å²) in [7, 11) is 0. The molecule has 4 aliphatic carbocycles. The zero-order chi connectivity index (χ0) is 20.5. The molecule has 0 heterocycles. The van der Waals surface area contributed by atoms with Crippen molar-refractivity contribution in [3.05, 3.63) is 22.8 Å². The lowest BCUT2D eigenvalue weighted by Gasteiger charge is -2.58. The standard InChI is InChI=1S/C26H40O2/c1-7-24(3,4)19-12-20(27)22(25(5,6)8-2)23(28)21(19)26-13-16-9-17(14-26)11-18(10-16)15-26/h12,16-18,27-28H,7-11,13-15H2,1-6H3.